The van der Waals surface area contributed by atoms with Crippen molar-refractivity contribution in [3.05, 3.63) is 11.1 Å². The fourth-order valence-electron chi connectivity index (χ4n) is 0.254. The van der Waals surface area contributed by atoms with Crippen molar-refractivity contribution in [3.8, 4) is 0 Å². The van der Waals surface area contributed by atoms with Crippen LogP contribution in [-0.2, 0) is 0 Å². The number of hydrogen-bond donors (Lipinski definition) is 0. The van der Waals surface area contributed by atoms with Gasteiger partial charge in [0.25, 0.3) is 0 Å². The van der Waals surface area contributed by atoms with E-state index < -0.39 is 5.05 Å². The van der Waals surface area contributed by atoms with Crippen LogP contribution in [-0.4, -0.2) is 14.6 Å². The molecule has 1 rings (SSSR count). The molecule has 0 saturated carbocycles. The average Bonchev–Trinajstić information content (AvgIpc) is 2.12. The van der Waals surface area contributed by atoms with E-state index in [1.807, 2.05) is 0 Å². The van der Waals surface area contributed by atoms with Crippen LogP contribution in [0.5, 0.6) is 0 Å². The molecule has 0 atom stereocenters. The topological polar surface area (TPSA) is 48.8 Å². The molecule has 1 aromatic rings. The van der Waals surface area contributed by atoms with Gasteiger partial charge in [0, 0.05) is 5.38 Å². The molecule has 0 amide bonds. The zero-order valence-corrected chi connectivity index (χ0v) is 9.45. The van der Waals surface area contributed by atoms with Crippen molar-refractivity contribution < 1.29 is 56.5 Å². The Bertz CT molecular complexity index is 188. The predicted molar refractivity (Wildman–Crippen MR) is 31.6 cm³/mol. The molecule has 42 valence electrons. The van der Waals surface area contributed by atoms with Crippen molar-refractivity contribution >= 4 is 28.8 Å². The Hall–Kier alpha value is 1.09. The summed E-state index contributed by atoms with van der Waals surface area (Å²) in [5.41, 5.74) is 0.269. The number of hydrogen-bond acceptors (Lipinski definition) is 5. The minimum Gasteiger partial charge on any atom is -0.863 e. The maximum absolute atomic E-state index is 10.2. The van der Waals surface area contributed by atoms with Crippen LogP contribution in [0, 0.1) is 0 Å². The fourth-order valence-corrected chi connectivity index (χ4v) is 0.864. The van der Waals surface area contributed by atoms with Gasteiger partial charge in [-0.3, -0.25) is 0 Å². The summed E-state index contributed by atoms with van der Waals surface area (Å²) in [7, 11) is 0. The van der Waals surface area contributed by atoms with Crippen LogP contribution < -0.4 is 56.5 Å². The van der Waals surface area contributed by atoms with Crippen LogP contribution in [0.2, 0.25) is 0 Å². The van der Waals surface area contributed by atoms with Gasteiger partial charge in [-0.2, -0.15) is 0 Å². The minimum absolute atomic E-state index is 0. The first-order valence-electron chi connectivity index (χ1n) is 1.79. The largest absolute Gasteiger partial charge is 1.00 e. The van der Waals surface area contributed by atoms with E-state index in [0.29, 0.717) is 0 Å². The Balaban J connectivity index is 0.000000640. The van der Waals surface area contributed by atoms with Crippen molar-refractivity contribution in [1.29, 1.82) is 0 Å². The van der Waals surface area contributed by atoms with E-state index >= 15 is 0 Å². The summed E-state index contributed by atoms with van der Waals surface area (Å²) in [4.78, 5) is 0. The molecule has 0 aliphatic heterocycles. The van der Waals surface area contributed by atoms with Crippen molar-refractivity contribution in [3.63, 3.8) is 0 Å². The van der Waals surface area contributed by atoms with Gasteiger partial charge in [-0.15, -0.1) is 5.10 Å². The van der Waals surface area contributed by atoms with Gasteiger partial charge in [-0.1, -0.05) is 16.7 Å². The number of thiocarbonyl (C=S) groups is 1. The Kier molecular flexibility index (Phi) is 5.42. The summed E-state index contributed by atoms with van der Waals surface area (Å²) < 4.78 is 3.45. The molecule has 0 fully saturated rings. The van der Waals surface area contributed by atoms with E-state index in [1.165, 1.54) is 5.38 Å². The standard InChI is InChI=1S/C3H2N2OS2.K/c6-3(7)2-1-8-5-4-2;/h1H,(H,6,7);/q;+1/p-1. The predicted octanol–water partition coefficient (Wildman–Crippen LogP) is -3.42. The van der Waals surface area contributed by atoms with Crippen molar-refractivity contribution in [2.45, 2.75) is 0 Å². The number of aromatic nitrogens is 2. The second-order valence-electron chi connectivity index (χ2n) is 1.08. The second-order valence-corrected chi connectivity index (χ2v) is 2.06. The molecule has 1 heterocycles. The maximum atomic E-state index is 10.2. The summed E-state index contributed by atoms with van der Waals surface area (Å²) in [6, 6.07) is 0. The molecule has 9 heavy (non-hydrogen) atoms. The molecule has 1 aromatic heterocycles. The summed E-state index contributed by atoms with van der Waals surface area (Å²) in [6.45, 7) is 0. The zero-order chi connectivity index (χ0) is 5.98. The van der Waals surface area contributed by atoms with E-state index in [-0.39, 0.29) is 57.1 Å². The SMILES string of the molecule is [K+].[O-]C(=S)c1csnn1. The monoisotopic (exact) mass is 184 g/mol. The normalized spacial score (nSPS) is 8.00. The van der Waals surface area contributed by atoms with Gasteiger partial charge in [0.05, 0.1) is 0 Å². The Morgan fingerprint density at radius 1 is 1.78 bits per heavy atom. The summed E-state index contributed by atoms with van der Waals surface area (Å²) in [6.07, 6.45) is 0. The third-order valence-corrected chi connectivity index (χ3v) is 1.28. The molecule has 0 N–H and O–H groups in total. The van der Waals surface area contributed by atoms with Crippen LogP contribution in [0.25, 0.3) is 0 Å². The third-order valence-electron chi connectivity index (χ3n) is 0.569. The molecule has 0 saturated heterocycles. The Morgan fingerprint density at radius 3 is 2.67 bits per heavy atom. The first kappa shape index (κ1) is 10.1. The first-order chi connectivity index (χ1) is 3.80. The van der Waals surface area contributed by atoms with Crippen molar-refractivity contribution in [2.24, 2.45) is 0 Å². The summed E-state index contributed by atoms with van der Waals surface area (Å²) >= 11 is 5.38. The smallest absolute Gasteiger partial charge is 0.863 e. The minimum atomic E-state index is -0.446. The van der Waals surface area contributed by atoms with Crippen LogP contribution in [0.15, 0.2) is 5.38 Å². The van der Waals surface area contributed by atoms with Gasteiger partial charge in [0.2, 0.25) is 0 Å². The van der Waals surface area contributed by atoms with E-state index in [2.05, 4.69) is 21.8 Å². The molecule has 0 radical (unpaired) electrons. The van der Waals surface area contributed by atoms with E-state index in [9.17, 15) is 5.11 Å². The number of rotatable bonds is 1. The maximum Gasteiger partial charge on any atom is 1.00 e. The van der Waals surface area contributed by atoms with Crippen molar-refractivity contribution in [1.82, 2.24) is 9.59 Å². The molecule has 0 aliphatic carbocycles. The number of nitrogens with zero attached hydrogens (tertiary/aromatic N) is 2. The molecule has 3 nitrogen and oxygen atoms in total. The van der Waals surface area contributed by atoms with Gasteiger partial charge in [-0.25, -0.2) is 0 Å². The van der Waals surface area contributed by atoms with Gasteiger partial charge in [0.15, 0.2) is 0 Å². The third kappa shape index (κ3) is 3.12. The molecular formula is C3HKN2OS2. The molecule has 0 bridgehead atoms. The van der Waals surface area contributed by atoms with Gasteiger partial charge < -0.3 is 5.11 Å². The van der Waals surface area contributed by atoms with Crippen LogP contribution in [0.4, 0.5) is 0 Å². The van der Waals surface area contributed by atoms with E-state index in [4.69, 9.17) is 0 Å². The summed E-state index contributed by atoms with van der Waals surface area (Å²) in [5.74, 6) is 0. The van der Waals surface area contributed by atoms with E-state index in [0.717, 1.165) is 11.5 Å². The average molecular weight is 184 g/mol. The molecule has 0 unspecified atom stereocenters. The molecule has 6 heteroatoms. The summed E-state index contributed by atoms with van der Waals surface area (Å²) in [5, 5.41) is 14.7. The molecule has 0 spiro atoms. The van der Waals surface area contributed by atoms with Crippen LogP contribution >= 0.6 is 23.8 Å². The Morgan fingerprint density at radius 2 is 2.44 bits per heavy atom. The molecule has 0 aromatic carbocycles. The second kappa shape index (κ2) is 4.83. The first-order valence-corrected chi connectivity index (χ1v) is 3.03. The Labute approximate surface area is 104 Å². The van der Waals surface area contributed by atoms with Gasteiger partial charge in [0.1, 0.15) is 5.69 Å². The van der Waals surface area contributed by atoms with Gasteiger partial charge in [-0.05, 0) is 16.6 Å². The quantitative estimate of drug-likeness (QED) is 0.337. The molecular weight excluding hydrogens is 183 g/mol. The van der Waals surface area contributed by atoms with Gasteiger partial charge >= 0.3 is 51.4 Å². The van der Waals surface area contributed by atoms with Crippen LogP contribution in [0.1, 0.15) is 5.69 Å². The molecule has 0 aliphatic rings. The van der Waals surface area contributed by atoms with Crippen LogP contribution in [0.3, 0.4) is 0 Å². The fraction of sp³-hybridized carbons (Fsp3) is 0. The zero-order valence-electron chi connectivity index (χ0n) is 4.70. The van der Waals surface area contributed by atoms with E-state index in [1.54, 1.807) is 0 Å². The van der Waals surface area contributed by atoms with Crippen molar-refractivity contribution in [2.75, 3.05) is 0 Å².